The molecule has 0 unspecified atom stereocenters. The first-order valence-corrected chi connectivity index (χ1v) is 7.51. The summed E-state index contributed by atoms with van der Waals surface area (Å²) in [6, 6.07) is 9.25. The summed E-state index contributed by atoms with van der Waals surface area (Å²) < 4.78 is 3.19. The Morgan fingerprint density at radius 1 is 1.32 bits per heavy atom. The Morgan fingerprint density at radius 3 is 2.89 bits per heavy atom. The van der Waals surface area contributed by atoms with Crippen LogP contribution in [0, 0.1) is 0 Å². The summed E-state index contributed by atoms with van der Waals surface area (Å²) in [6.07, 6.45) is 1.58. The molecule has 0 amide bonds. The van der Waals surface area contributed by atoms with Gasteiger partial charge in [0.2, 0.25) is 0 Å². The van der Waals surface area contributed by atoms with Crippen molar-refractivity contribution in [2.75, 3.05) is 0 Å². The van der Waals surface area contributed by atoms with E-state index in [2.05, 4.69) is 20.9 Å². The van der Waals surface area contributed by atoms with E-state index in [0.717, 1.165) is 13.7 Å². The van der Waals surface area contributed by atoms with E-state index >= 15 is 0 Å². The van der Waals surface area contributed by atoms with E-state index in [4.69, 9.17) is 11.6 Å². The zero-order valence-corrected chi connectivity index (χ0v) is 12.8. The van der Waals surface area contributed by atoms with Gasteiger partial charge in [-0.05, 0) is 30.3 Å². The third-order valence-corrected chi connectivity index (χ3v) is 4.45. The molecule has 6 heteroatoms. The lowest BCUT2D eigenvalue weighted by Crippen LogP contribution is -2.20. The van der Waals surface area contributed by atoms with Gasteiger partial charge in [0.15, 0.2) is 0 Å². The number of benzene rings is 1. The van der Waals surface area contributed by atoms with Gasteiger partial charge < -0.3 is 0 Å². The molecular formula is C13H8BrClN2OS. The first-order valence-electron chi connectivity index (χ1n) is 5.52. The molecule has 3 rings (SSSR count). The minimum absolute atomic E-state index is 0.0455. The molecule has 3 aromatic rings. The lowest BCUT2D eigenvalue weighted by atomic mass is 10.2. The second-order valence-corrected chi connectivity index (χ2v) is 6.76. The van der Waals surface area contributed by atoms with Gasteiger partial charge in [0.25, 0.3) is 5.56 Å². The predicted octanol–water partition coefficient (Wildman–Crippen LogP) is 3.92. The van der Waals surface area contributed by atoms with Crippen LogP contribution in [0.1, 0.15) is 4.88 Å². The Balaban J connectivity index is 2.09. The van der Waals surface area contributed by atoms with Gasteiger partial charge in [-0.25, -0.2) is 4.98 Å². The van der Waals surface area contributed by atoms with Crippen molar-refractivity contribution in [2.45, 2.75) is 6.54 Å². The summed E-state index contributed by atoms with van der Waals surface area (Å²) in [5, 5.41) is 0.611. The van der Waals surface area contributed by atoms with Crippen LogP contribution in [0.15, 0.2) is 45.9 Å². The first-order chi connectivity index (χ1) is 9.13. The van der Waals surface area contributed by atoms with Crippen molar-refractivity contribution < 1.29 is 0 Å². The molecule has 19 heavy (non-hydrogen) atoms. The van der Waals surface area contributed by atoms with E-state index in [1.54, 1.807) is 17.0 Å². The van der Waals surface area contributed by atoms with E-state index < -0.39 is 0 Å². The van der Waals surface area contributed by atoms with Gasteiger partial charge in [-0.1, -0.05) is 27.5 Å². The fourth-order valence-corrected chi connectivity index (χ4v) is 3.30. The Labute approximate surface area is 126 Å². The van der Waals surface area contributed by atoms with Crippen molar-refractivity contribution in [3.63, 3.8) is 0 Å². The average molecular weight is 356 g/mol. The molecule has 0 aliphatic carbocycles. The molecule has 0 N–H and O–H groups in total. The van der Waals surface area contributed by atoms with Crippen LogP contribution >= 0.6 is 38.9 Å². The van der Waals surface area contributed by atoms with E-state index in [1.807, 2.05) is 24.3 Å². The highest BCUT2D eigenvalue weighted by atomic mass is 79.9. The van der Waals surface area contributed by atoms with Gasteiger partial charge in [0.05, 0.1) is 28.1 Å². The molecule has 1 aromatic carbocycles. The minimum Gasteiger partial charge on any atom is -0.293 e. The molecule has 96 valence electrons. The molecule has 0 spiro atoms. The number of aromatic nitrogens is 2. The van der Waals surface area contributed by atoms with Crippen LogP contribution in [-0.2, 0) is 6.54 Å². The van der Waals surface area contributed by atoms with E-state index in [9.17, 15) is 4.79 Å². The Kier molecular flexibility index (Phi) is 3.43. The molecular weight excluding hydrogens is 348 g/mol. The number of fused-ring (bicyclic) bond motifs is 1. The third kappa shape index (κ3) is 2.59. The maximum absolute atomic E-state index is 12.4. The molecule has 0 saturated carbocycles. The molecule has 0 fully saturated rings. The third-order valence-electron chi connectivity index (χ3n) is 2.74. The van der Waals surface area contributed by atoms with Crippen LogP contribution in [-0.4, -0.2) is 9.55 Å². The highest BCUT2D eigenvalue weighted by Gasteiger charge is 2.06. The quantitative estimate of drug-likeness (QED) is 0.698. The van der Waals surface area contributed by atoms with Crippen molar-refractivity contribution in [3.8, 4) is 0 Å². The summed E-state index contributed by atoms with van der Waals surface area (Å²) in [5.41, 5.74) is 0.657. The number of thiophene rings is 1. The molecule has 2 aromatic heterocycles. The molecule has 0 saturated heterocycles. The number of halogens is 2. The maximum Gasteiger partial charge on any atom is 0.261 e. The summed E-state index contributed by atoms with van der Waals surface area (Å²) >= 11 is 10.7. The number of rotatable bonds is 2. The van der Waals surface area contributed by atoms with Crippen molar-refractivity contribution in [1.29, 1.82) is 0 Å². The van der Waals surface area contributed by atoms with Gasteiger partial charge in [-0.15, -0.1) is 11.3 Å². The van der Waals surface area contributed by atoms with Gasteiger partial charge in [-0.3, -0.25) is 9.36 Å². The monoisotopic (exact) mass is 354 g/mol. The maximum atomic E-state index is 12.4. The Morgan fingerprint density at radius 2 is 2.16 bits per heavy atom. The van der Waals surface area contributed by atoms with Crippen molar-refractivity contribution >= 4 is 49.8 Å². The topological polar surface area (TPSA) is 34.9 Å². The standard InChI is InChI=1S/C13H8BrClN2OS/c14-8-1-3-11-10(5-8)13(18)17(7-16-11)6-9-2-4-12(15)19-9/h1-5,7H,6H2. The second kappa shape index (κ2) is 5.07. The van der Waals surface area contributed by atoms with E-state index in [-0.39, 0.29) is 5.56 Å². The Hall–Kier alpha value is -1.17. The Bertz CT molecular complexity index is 812. The lowest BCUT2D eigenvalue weighted by molar-refractivity contribution is 0.758. The normalized spacial score (nSPS) is 11.1. The van der Waals surface area contributed by atoms with Crippen LogP contribution in [0.25, 0.3) is 10.9 Å². The zero-order valence-electron chi connectivity index (χ0n) is 9.64. The van der Waals surface area contributed by atoms with Crippen molar-refractivity contribution in [1.82, 2.24) is 9.55 Å². The minimum atomic E-state index is -0.0455. The van der Waals surface area contributed by atoms with E-state index in [0.29, 0.717) is 17.4 Å². The van der Waals surface area contributed by atoms with Crippen LogP contribution in [0.2, 0.25) is 4.34 Å². The fourth-order valence-electron chi connectivity index (χ4n) is 1.85. The molecule has 0 atom stereocenters. The molecule has 0 radical (unpaired) electrons. The molecule has 2 heterocycles. The van der Waals surface area contributed by atoms with E-state index in [1.165, 1.54) is 11.3 Å². The van der Waals surface area contributed by atoms with Crippen molar-refractivity contribution in [3.05, 3.63) is 60.7 Å². The smallest absolute Gasteiger partial charge is 0.261 e. The van der Waals surface area contributed by atoms with Gasteiger partial charge >= 0.3 is 0 Å². The fraction of sp³-hybridized carbons (Fsp3) is 0.0769. The molecule has 3 nitrogen and oxygen atoms in total. The van der Waals surface area contributed by atoms with Crippen LogP contribution < -0.4 is 5.56 Å². The molecule has 0 aliphatic heterocycles. The van der Waals surface area contributed by atoms with Gasteiger partial charge in [0.1, 0.15) is 0 Å². The largest absolute Gasteiger partial charge is 0.293 e. The number of nitrogens with zero attached hydrogens (tertiary/aromatic N) is 2. The lowest BCUT2D eigenvalue weighted by Gasteiger charge is -2.05. The SMILES string of the molecule is O=c1c2cc(Br)ccc2ncn1Cc1ccc(Cl)s1. The summed E-state index contributed by atoms with van der Waals surface area (Å²) in [4.78, 5) is 17.7. The average Bonchev–Trinajstić information content (AvgIpc) is 2.79. The summed E-state index contributed by atoms with van der Waals surface area (Å²) in [7, 11) is 0. The number of hydrogen-bond acceptors (Lipinski definition) is 3. The highest BCUT2D eigenvalue weighted by Crippen LogP contribution is 2.22. The van der Waals surface area contributed by atoms with Gasteiger partial charge in [-0.2, -0.15) is 0 Å². The zero-order chi connectivity index (χ0) is 13.4. The van der Waals surface area contributed by atoms with Crippen LogP contribution in [0.5, 0.6) is 0 Å². The molecule has 0 bridgehead atoms. The van der Waals surface area contributed by atoms with Crippen molar-refractivity contribution in [2.24, 2.45) is 0 Å². The highest BCUT2D eigenvalue weighted by molar-refractivity contribution is 9.10. The van der Waals surface area contributed by atoms with Crippen LogP contribution in [0.3, 0.4) is 0 Å². The second-order valence-electron chi connectivity index (χ2n) is 4.04. The first kappa shape index (κ1) is 12.8. The van der Waals surface area contributed by atoms with Crippen LogP contribution in [0.4, 0.5) is 0 Å². The number of hydrogen-bond donors (Lipinski definition) is 0. The summed E-state index contributed by atoms with van der Waals surface area (Å²) in [5.74, 6) is 0. The summed E-state index contributed by atoms with van der Waals surface area (Å²) in [6.45, 7) is 0.492. The van der Waals surface area contributed by atoms with Gasteiger partial charge in [0, 0.05) is 9.35 Å². The predicted molar refractivity (Wildman–Crippen MR) is 82.1 cm³/mol. The molecule has 0 aliphatic rings.